The number of carbonyl (C=O) groups is 1. The first-order valence-electron chi connectivity index (χ1n) is 6.17. The van der Waals surface area contributed by atoms with Gasteiger partial charge >= 0.3 is 0 Å². The number of methoxy groups -OCH3 is 1. The molecule has 0 N–H and O–H groups in total. The fraction of sp³-hybridized carbons (Fsp3) is 0.400. The van der Waals surface area contributed by atoms with Crippen molar-refractivity contribution in [3.8, 4) is 5.75 Å². The molecule has 0 bridgehead atoms. The molecule has 1 aromatic carbocycles. The third kappa shape index (κ3) is 3.19. The van der Waals surface area contributed by atoms with E-state index >= 15 is 0 Å². The Morgan fingerprint density at radius 3 is 2.82 bits per heavy atom. The molecule has 0 unspecified atom stereocenters. The van der Waals surface area contributed by atoms with Gasteiger partial charge in [-0.25, -0.2) is 0 Å². The van der Waals surface area contributed by atoms with Crippen LogP contribution >= 0.6 is 0 Å². The number of hydrogen-bond acceptors (Lipinski definition) is 2. The maximum atomic E-state index is 11.9. The Morgan fingerprint density at radius 2 is 2.00 bits per heavy atom. The Hall–Kier alpha value is -1.57. The van der Waals surface area contributed by atoms with E-state index < -0.39 is 0 Å². The molecule has 0 amide bonds. The van der Waals surface area contributed by atoms with Crippen LogP contribution < -0.4 is 4.74 Å². The van der Waals surface area contributed by atoms with E-state index in [9.17, 15) is 4.79 Å². The smallest absolute Gasteiger partial charge is 0.158 e. The predicted octanol–water partition coefficient (Wildman–Crippen LogP) is 3.61. The van der Waals surface area contributed by atoms with Crippen molar-refractivity contribution in [2.24, 2.45) is 0 Å². The van der Waals surface area contributed by atoms with Crippen LogP contribution in [0.4, 0.5) is 0 Å². The predicted molar refractivity (Wildman–Crippen MR) is 69.1 cm³/mol. The number of ketones is 1. The van der Waals surface area contributed by atoms with Crippen LogP contribution in [0.25, 0.3) is 6.08 Å². The maximum absolute atomic E-state index is 11.9. The molecule has 0 atom stereocenters. The molecule has 1 saturated carbocycles. The highest BCUT2D eigenvalue weighted by Crippen LogP contribution is 2.23. The largest absolute Gasteiger partial charge is 0.497 e. The van der Waals surface area contributed by atoms with Crippen molar-refractivity contribution in [2.45, 2.75) is 32.1 Å². The summed E-state index contributed by atoms with van der Waals surface area (Å²) in [7, 11) is 1.66. The molecular weight excluding hydrogens is 212 g/mol. The van der Waals surface area contributed by atoms with Gasteiger partial charge in [0.1, 0.15) is 5.75 Å². The van der Waals surface area contributed by atoms with E-state index in [2.05, 4.69) is 0 Å². The molecular formula is C15H18O2. The van der Waals surface area contributed by atoms with Gasteiger partial charge in [-0.3, -0.25) is 4.79 Å². The van der Waals surface area contributed by atoms with Crippen molar-refractivity contribution >= 4 is 11.9 Å². The number of carbonyl (C=O) groups excluding carboxylic acids is 1. The standard InChI is InChI=1S/C15H18O2/c1-17-14-8-5-6-12(11-14)10-13-7-3-2-4-9-15(13)16/h5-6,8,10-11H,2-4,7,9H2,1H3/b13-10-. The molecule has 0 aliphatic heterocycles. The lowest BCUT2D eigenvalue weighted by Crippen LogP contribution is -1.99. The van der Waals surface area contributed by atoms with Crippen molar-refractivity contribution in [3.05, 3.63) is 35.4 Å². The van der Waals surface area contributed by atoms with E-state index in [0.29, 0.717) is 12.2 Å². The van der Waals surface area contributed by atoms with E-state index in [4.69, 9.17) is 4.74 Å². The first kappa shape index (κ1) is 11.9. The zero-order chi connectivity index (χ0) is 12.1. The van der Waals surface area contributed by atoms with E-state index in [-0.39, 0.29) is 0 Å². The number of Topliss-reactive ketones (excluding diaryl/α,β-unsaturated/α-hetero) is 1. The van der Waals surface area contributed by atoms with Gasteiger partial charge in [-0.15, -0.1) is 0 Å². The summed E-state index contributed by atoms with van der Waals surface area (Å²) >= 11 is 0. The minimum Gasteiger partial charge on any atom is -0.497 e. The van der Waals surface area contributed by atoms with Gasteiger partial charge in [0.2, 0.25) is 0 Å². The summed E-state index contributed by atoms with van der Waals surface area (Å²) < 4.78 is 5.18. The molecule has 0 spiro atoms. The lowest BCUT2D eigenvalue weighted by Gasteiger charge is -2.04. The van der Waals surface area contributed by atoms with Gasteiger partial charge < -0.3 is 4.74 Å². The third-order valence-corrected chi connectivity index (χ3v) is 3.14. The SMILES string of the molecule is COc1cccc(/C=C2/CCCCCC2=O)c1. The van der Waals surface area contributed by atoms with E-state index in [1.165, 1.54) is 6.42 Å². The first-order chi connectivity index (χ1) is 8.29. The molecule has 90 valence electrons. The third-order valence-electron chi connectivity index (χ3n) is 3.14. The van der Waals surface area contributed by atoms with E-state index in [1.807, 2.05) is 30.3 Å². The Kier molecular flexibility index (Phi) is 3.97. The minimum absolute atomic E-state index is 0.310. The maximum Gasteiger partial charge on any atom is 0.158 e. The van der Waals surface area contributed by atoms with Crippen LogP contribution in [0, 0.1) is 0 Å². The molecule has 0 saturated heterocycles. The second-order valence-corrected chi connectivity index (χ2v) is 4.43. The molecule has 0 radical (unpaired) electrons. The van der Waals surface area contributed by atoms with Gasteiger partial charge in [-0.05, 0) is 48.6 Å². The molecule has 0 heterocycles. The number of allylic oxidation sites excluding steroid dienone is 1. The van der Waals surface area contributed by atoms with Crippen molar-refractivity contribution in [2.75, 3.05) is 7.11 Å². The highest BCUT2D eigenvalue weighted by Gasteiger charge is 2.13. The zero-order valence-corrected chi connectivity index (χ0v) is 10.2. The summed E-state index contributed by atoms with van der Waals surface area (Å²) in [6.45, 7) is 0. The summed E-state index contributed by atoms with van der Waals surface area (Å²) in [6.07, 6.45) is 6.96. The van der Waals surface area contributed by atoms with Gasteiger partial charge in [0, 0.05) is 6.42 Å². The van der Waals surface area contributed by atoms with Gasteiger partial charge in [-0.2, -0.15) is 0 Å². The Bertz CT molecular complexity index is 432. The Balaban J connectivity index is 2.23. The van der Waals surface area contributed by atoms with Crippen molar-refractivity contribution < 1.29 is 9.53 Å². The average Bonchev–Trinajstić information content (AvgIpc) is 2.55. The fourth-order valence-electron chi connectivity index (χ4n) is 2.16. The summed E-state index contributed by atoms with van der Waals surface area (Å²) in [5.74, 6) is 1.14. The highest BCUT2D eigenvalue weighted by molar-refractivity contribution is 5.99. The molecule has 1 aromatic rings. The quantitative estimate of drug-likeness (QED) is 0.573. The minimum atomic E-state index is 0.310. The number of benzene rings is 1. The van der Waals surface area contributed by atoms with Gasteiger partial charge in [0.15, 0.2) is 5.78 Å². The molecule has 17 heavy (non-hydrogen) atoms. The summed E-state index contributed by atoms with van der Waals surface area (Å²) in [5, 5.41) is 0. The average molecular weight is 230 g/mol. The van der Waals surface area contributed by atoms with E-state index in [0.717, 1.165) is 36.1 Å². The van der Waals surface area contributed by atoms with E-state index in [1.54, 1.807) is 7.11 Å². The topological polar surface area (TPSA) is 26.3 Å². The van der Waals surface area contributed by atoms with Crippen molar-refractivity contribution in [3.63, 3.8) is 0 Å². The zero-order valence-electron chi connectivity index (χ0n) is 10.2. The second-order valence-electron chi connectivity index (χ2n) is 4.43. The molecule has 1 aliphatic carbocycles. The molecule has 1 aliphatic rings. The highest BCUT2D eigenvalue weighted by atomic mass is 16.5. The Labute approximate surface area is 102 Å². The summed E-state index contributed by atoms with van der Waals surface area (Å²) in [4.78, 5) is 11.9. The van der Waals surface area contributed by atoms with Crippen molar-refractivity contribution in [1.82, 2.24) is 0 Å². The van der Waals surface area contributed by atoms with Crippen LogP contribution in [0.15, 0.2) is 29.8 Å². The number of rotatable bonds is 2. The fourth-order valence-corrected chi connectivity index (χ4v) is 2.16. The summed E-state index contributed by atoms with van der Waals surface area (Å²) in [5.41, 5.74) is 2.02. The van der Waals surface area contributed by atoms with Crippen LogP contribution in [-0.4, -0.2) is 12.9 Å². The van der Waals surface area contributed by atoms with Gasteiger partial charge in [0.05, 0.1) is 7.11 Å². The lowest BCUT2D eigenvalue weighted by molar-refractivity contribution is -0.115. The van der Waals surface area contributed by atoms with Crippen LogP contribution in [0.3, 0.4) is 0 Å². The van der Waals surface area contributed by atoms with Gasteiger partial charge in [0.25, 0.3) is 0 Å². The molecule has 2 nitrogen and oxygen atoms in total. The first-order valence-corrected chi connectivity index (χ1v) is 6.17. The normalized spacial score (nSPS) is 19.1. The van der Waals surface area contributed by atoms with Crippen LogP contribution in [0.2, 0.25) is 0 Å². The van der Waals surface area contributed by atoms with Crippen LogP contribution in [0.1, 0.15) is 37.7 Å². The summed E-state index contributed by atoms with van der Waals surface area (Å²) in [6, 6.07) is 7.84. The molecule has 1 fully saturated rings. The molecule has 2 heteroatoms. The van der Waals surface area contributed by atoms with Gasteiger partial charge in [-0.1, -0.05) is 18.6 Å². The van der Waals surface area contributed by atoms with Crippen LogP contribution in [0.5, 0.6) is 5.75 Å². The van der Waals surface area contributed by atoms with Crippen LogP contribution in [-0.2, 0) is 4.79 Å². The monoisotopic (exact) mass is 230 g/mol. The molecule has 0 aromatic heterocycles. The molecule has 2 rings (SSSR count). The Morgan fingerprint density at radius 1 is 1.18 bits per heavy atom. The number of hydrogen-bond donors (Lipinski definition) is 0. The second kappa shape index (κ2) is 5.67. The van der Waals surface area contributed by atoms with Crippen molar-refractivity contribution in [1.29, 1.82) is 0 Å². The number of ether oxygens (including phenoxy) is 1. The lowest BCUT2D eigenvalue weighted by atomic mass is 10.0.